The Bertz CT molecular complexity index is 1070. The van der Waals surface area contributed by atoms with E-state index in [9.17, 15) is 14.0 Å². The maximum atomic E-state index is 13.1. The molecule has 2 aromatic carbocycles. The molecule has 3 aromatic rings. The fourth-order valence-corrected chi connectivity index (χ4v) is 3.74. The molecule has 1 saturated heterocycles. The SMILES string of the molecule is COc1ccc(CCC(=O)N2CCN(C(=O)c3ccc(-c4ccc(F)cc4)o3)CC2)cc1. The summed E-state index contributed by atoms with van der Waals surface area (Å²) in [6, 6.07) is 17.0. The van der Waals surface area contributed by atoms with E-state index < -0.39 is 0 Å². The first-order chi connectivity index (χ1) is 15.5. The Kier molecular flexibility index (Phi) is 6.54. The number of furan rings is 1. The molecule has 1 fully saturated rings. The van der Waals surface area contributed by atoms with Crippen molar-refractivity contribution in [2.45, 2.75) is 12.8 Å². The molecule has 7 heteroatoms. The molecule has 0 unspecified atom stereocenters. The van der Waals surface area contributed by atoms with E-state index in [1.165, 1.54) is 12.1 Å². The zero-order valence-corrected chi connectivity index (χ0v) is 17.9. The number of rotatable bonds is 6. The number of methoxy groups -OCH3 is 1. The van der Waals surface area contributed by atoms with Gasteiger partial charge in [0.15, 0.2) is 5.76 Å². The fourth-order valence-electron chi connectivity index (χ4n) is 3.74. The molecule has 1 aliphatic rings. The van der Waals surface area contributed by atoms with E-state index in [1.54, 1.807) is 41.2 Å². The Balaban J connectivity index is 1.28. The largest absolute Gasteiger partial charge is 0.497 e. The minimum absolute atomic E-state index is 0.0875. The minimum Gasteiger partial charge on any atom is -0.497 e. The highest BCUT2D eigenvalue weighted by molar-refractivity contribution is 5.92. The first-order valence-electron chi connectivity index (χ1n) is 10.6. The number of piperazine rings is 1. The summed E-state index contributed by atoms with van der Waals surface area (Å²) in [7, 11) is 1.62. The van der Waals surface area contributed by atoms with Gasteiger partial charge >= 0.3 is 0 Å². The second-order valence-electron chi connectivity index (χ2n) is 7.69. The molecule has 0 radical (unpaired) electrons. The van der Waals surface area contributed by atoms with E-state index in [2.05, 4.69) is 0 Å². The lowest BCUT2D eigenvalue weighted by molar-refractivity contribution is -0.132. The molecule has 1 aromatic heterocycles. The van der Waals surface area contributed by atoms with Crippen LogP contribution in [0.2, 0.25) is 0 Å². The summed E-state index contributed by atoms with van der Waals surface area (Å²) in [5.74, 6) is 1.10. The Labute approximate surface area is 186 Å². The van der Waals surface area contributed by atoms with Gasteiger partial charge in [-0.2, -0.15) is 0 Å². The molecule has 0 spiro atoms. The monoisotopic (exact) mass is 436 g/mol. The van der Waals surface area contributed by atoms with Crippen molar-refractivity contribution in [2.24, 2.45) is 0 Å². The van der Waals surface area contributed by atoms with Crippen LogP contribution in [-0.4, -0.2) is 54.9 Å². The van der Waals surface area contributed by atoms with E-state index in [0.717, 1.165) is 11.3 Å². The first kappa shape index (κ1) is 21.6. The average Bonchev–Trinajstić information content (AvgIpc) is 3.33. The van der Waals surface area contributed by atoms with Gasteiger partial charge in [-0.15, -0.1) is 0 Å². The van der Waals surface area contributed by atoms with Crippen LogP contribution in [-0.2, 0) is 11.2 Å². The third-order valence-corrected chi connectivity index (χ3v) is 5.65. The summed E-state index contributed by atoms with van der Waals surface area (Å²) in [5, 5.41) is 0. The lowest BCUT2D eigenvalue weighted by Crippen LogP contribution is -2.50. The Morgan fingerprint density at radius 2 is 1.56 bits per heavy atom. The molecular formula is C25H25FN2O4. The zero-order valence-electron chi connectivity index (χ0n) is 17.9. The summed E-state index contributed by atoms with van der Waals surface area (Å²) in [6.07, 6.45) is 1.10. The quantitative estimate of drug-likeness (QED) is 0.586. The van der Waals surface area contributed by atoms with E-state index in [-0.39, 0.29) is 23.4 Å². The van der Waals surface area contributed by atoms with Crippen molar-refractivity contribution in [2.75, 3.05) is 33.3 Å². The summed E-state index contributed by atoms with van der Waals surface area (Å²) in [4.78, 5) is 28.9. The molecule has 2 heterocycles. The summed E-state index contributed by atoms with van der Waals surface area (Å²) in [5.41, 5.74) is 1.79. The molecule has 0 aliphatic carbocycles. The highest BCUT2D eigenvalue weighted by atomic mass is 19.1. The van der Waals surface area contributed by atoms with Crippen LogP contribution in [0.3, 0.4) is 0 Å². The zero-order chi connectivity index (χ0) is 22.5. The Morgan fingerprint density at radius 3 is 2.22 bits per heavy atom. The summed E-state index contributed by atoms with van der Waals surface area (Å²) < 4.78 is 24.0. The summed E-state index contributed by atoms with van der Waals surface area (Å²) in [6.45, 7) is 1.91. The third kappa shape index (κ3) is 4.99. The molecule has 0 saturated carbocycles. The van der Waals surface area contributed by atoms with Gasteiger partial charge in [-0.1, -0.05) is 12.1 Å². The van der Waals surface area contributed by atoms with Gasteiger partial charge in [0.2, 0.25) is 5.91 Å². The lowest BCUT2D eigenvalue weighted by Gasteiger charge is -2.34. The smallest absolute Gasteiger partial charge is 0.289 e. The topological polar surface area (TPSA) is 63.0 Å². The minimum atomic E-state index is -0.326. The molecule has 4 rings (SSSR count). The number of halogens is 1. The average molecular weight is 436 g/mol. The standard InChI is InChI=1S/C25H25FN2O4/c1-31-21-9-2-18(3-10-21)4-13-24(29)27-14-16-28(17-15-27)25(30)23-12-11-22(32-23)19-5-7-20(26)8-6-19/h2-3,5-12H,4,13-17H2,1H3. The fraction of sp³-hybridized carbons (Fsp3) is 0.280. The normalized spacial score (nSPS) is 13.8. The van der Waals surface area contributed by atoms with Crippen molar-refractivity contribution >= 4 is 11.8 Å². The Hall–Kier alpha value is -3.61. The van der Waals surface area contributed by atoms with Crippen molar-refractivity contribution in [1.29, 1.82) is 0 Å². The van der Waals surface area contributed by atoms with Crippen LogP contribution in [0.4, 0.5) is 4.39 Å². The second kappa shape index (κ2) is 9.68. The van der Waals surface area contributed by atoms with Gasteiger partial charge < -0.3 is 19.0 Å². The number of aryl methyl sites for hydroxylation is 1. The van der Waals surface area contributed by atoms with Crippen LogP contribution in [0.15, 0.2) is 65.1 Å². The number of hydrogen-bond donors (Lipinski definition) is 0. The van der Waals surface area contributed by atoms with Crippen LogP contribution in [0.25, 0.3) is 11.3 Å². The van der Waals surface area contributed by atoms with Crippen molar-refractivity contribution in [1.82, 2.24) is 9.80 Å². The number of carbonyl (C=O) groups is 2. The number of ether oxygens (including phenoxy) is 1. The maximum absolute atomic E-state index is 13.1. The van der Waals surface area contributed by atoms with Gasteiger partial charge in [0.1, 0.15) is 17.3 Å². The molecule has 0 bridgehead atoms. The number of nitrogens with zero attached hydrogens (tertiary/aromatic N) is 2. The molecular weight excluding hydrogens is 411 g/mol. The van der Waals surface area contributed by atoms with Crippen molar-refractivity contribution < 1.29 is 23.1 Å². The van der Waals surface area contributed by atoms with E-state index in [0.29, 0.717) is 50.3 Å². The second-order valence-corrected chi connectivity index (χ2v) is 7.69. The highest BCUT2D eigenvalue weighted by Gasteiger charge is 2.26. The van der Waals surface area contributed by atoms with E-state index in [4.69, 9.17) is 9.15 Å². The van der Waals surface area contributed by atoms with Gasteiger partial charge in [0, 0.05) is 38.2 Å². The first-order valence-corrected chi connectivity index (χ1v) is 10.6. The predicted octanol–water partition coefficient (Wildman–Crippen LogP) is 4.01. The van der Waals surface area contributed by atoms with Crippen LogP contribution in [0.1, 0.15) is 22.5 Å². The van der Waals surface area contributed by atoms with Gasteiger partial charge in [0.25, 0.3) is 5.91 Å². The number of carbonyl (C=O) groups excluding carboxylic acids is 2. The van der Waals surface area contributed by atoms with E-state index in [1.807, 2.05) is 24.3 Å². The molecule has 166 valence electrons. The third-order valence-electron chi connectivity index (χ3n) is 5.65. The van der Waals surface area contributed by atoms with Gasteiger partial charge in [0.05, 0.1) is 7.11 Å². The molecule has 2 amide bonds. The van der Waals surface area contributed by atoms with Crippen LogP contribution in [0.5, 0.6) is 5.75 Å². The van der Waals surface area contributed by atoms with Crippen molar-refractivity contribution in [3.8, 4) is 17.1 Å². The molecule has 0 N–H and O–H groups in total. The number of amides is 2. The van der Waals surface area contributed by atoms with Crippen LogP contribution < -0.4 is 4.74 Å². The predicted molar refractivity (Wildman–Crippen MR) is 118 cm³/mol. The Morgan fingerprint density at radius 1 is 0.906 bits per heavy atom. The van der Waals surface area contributed by atoms with E-state index >= 15 is 0 Å². The number of hydrogen-bond acceptors (Lipinski definition) is 4. The number of benzene rings is 2. The van der Waals surface area contributed by atoms with Gasteiger partial charge in [-0.05, 0) is 60.5 Å². The maximum Gasteiger partial charge on any atom is 0.289 e. The van der Waals surface area contributed by atoms with Crippen LogP contribution >= 0.6 is 0 Å². The highest BCUT2D eigenvalue weighted by Crippen LogP contribution is 2.23. The van der Waals surface area contributed by atoms with Crippen LogP contribution in [0, 0.1) is 5.82 Å². The van der Waals surface area contributed by atoms with Gasteiger partial charge in [-0.3, -0.25) is 9.59 Å². The lowest BCUT2D eigenvalue weighted by atomic mass is 10.1. The van der Waals surface area contributed by atoms with Gasteiger partial charge in [-0.25, -0.2) is 4.39 Å². The van der Waals surface area contributed by atoms with Crippen molar-refractivity contribution in [3.63, 3.8) is 0 Å². The summed E-state index contributed by atoms with van der Waals surface area (Å²) >= 11 is 0. The molecule has 32 heavy (non-hydrogen) atoms. The molecule has 0 atom stereocenters. The molecule has 6 nitrogen and oxygen atoms in total. The van der Waals surface area contributed by atoms with Crippen molar-refractivity contribution in [3.05, 3.63) is 77.8 Å². The molecule has 1 aliphatic heterocycles.